The Kier molecular flexibility index (Phi) is 4.75. The Morgan fingerprint density at radius 1 is 1.52 bits per heavy atom. The Hall–Kier alpha value is -1.95. The highest BCUT2D eigenvalue weighted by Gasteiger charge is 2.46. The topological polar surface area (TPSA) is 60.2 Å². The molecule has 23 heavy (non-hydrogen) atoms. The van der Waals surface area contributed by atoms with Gasteiger partial charge in [-0.2, -0.15) is 0 Å². The standard InChI is InChI=1S/C16H18ClFN2O3/c1-15(2,3)13-8-16(4,23-20-13)14(21)22-19-9-10-5-6-12(18)11(17)7-10/h5-7,9H,8H2,1-4H3/b19-9+. The van der Waals surface area contributed by atoms with E-state index in [9.17, 15) is 9.18 Å². The number of halogens is 2. The smallest absolute Gasteiger partial charge is 0.377 e. The molecule has 0 N–H and O–H groups in total. The van der Waals surface area contributed by atoms with Crippen LogP contribution in [0.1, 0.15) is 39.7 Å². The first-order chi connectivity index (χ1) is 10.6. The number of benzene rings is 1. The third kappa shape index (κ3) is 4.07. The van der Waals surface area contributed by atoms with Crippen molar-refractivity contribution in [1.82, 2.24) is 0 Å². The second kappa shape index (κ2) is 6.28. The van der Waals surface area contributed by atoms with E-state index in [1.807, 2.05) is 20.8 Å². The van der Waals surface area contributed by atoms with Crippen LogP contribution in [0.25, 0.3) is 0 Å². The minimum Gasteiger partial charge on any atom is -0.377 e. The van der Waals surface area contributed by atoms with Crippen molar-refractivity contribution in [3.8, 4) is 0 Å². The van der Waals surface area contributed by atoms with Crippen molar-refractivity contribution in [3.05, 3.63) is 34.6 Å². The highest BCUT2D eigenvalue weighted by molar-refractivity contribution is 6.31. The summed E-state index contributed by atoms with van der Waals surface area (Å²) < 4.78 is 13.0. The summed E-state index contributed by atoms with van der Waals surface area (Å²) >= 11 is 5.66. The van der Waals surface area contributed by atoms with Gasteiger partial charge in [-0.25, -0.2) is 9.18 Å². The predicted molar refractivity (Wildman–Crippen MR) is 86.1 cm³/mol. The molecule has 1 aliphatic heterocycles. The van der Waals surface area contributed by atoms with Crippen molar-refractivity contribution in [2.45, 2.75) is 39.7 Å². The van der Waals surface area contributed by atoms with Crippen molar-refractivity contribution >= 4 is 29.5 Å². The minimum absolute atomic E-state index is 0.0328. The average molecular weight is 341 g/mol. The number of hydrogen-bond donors (Lipinski definition) is 0. The van der Waals surface area contributed by atoms with E-state index >= 15 is 0 Å². The lowest BCUT2D eigenvalue weighted by Gasteiger charge is -2.20. The molecule has 0 aromatic heterocycles. The lowest BCUT2D eigenvalue weighted by atomic mass is 9.84. The Morgan fingerprint density at radius 2 is 2.22 bits per heavy atom. The fourth-order valence-electron chi connectivity index (χ4n) is 1.88. The van der Waals surface area contributed by atoms with Gasteiger partial charge in [0.15, 0.2) is 0 Å². The second-order valence-corrected chi connectivity index (χ2v) is 6.98. The molecule has 1 aromatic carbocycles. The Bertz CT molecular complexity index is 682. The van der Waals surface area contributed by atoms with Gasteiger partial charge in [0.1, 0.15) is 5.82 Å². The molecule has 1 atom stereocenters. The Labute approximate surface area is 139 Å². The zero-order chi connectivity index (χ0) is 17.3. The lowest BCUT2D eigenvalue weighted by Crippen LogP contribution is -2.37. The SMILES string of the molecule is CC(C)(C)C1=NOC(C)(C(=O)O/N=C/c2ccc(F)c(Cl)c2)C1. The summed E-state index contributed by atoms with van der Waals surface area (Å²) in [5.74, 6) is -1.18. The molecule has 1 aromatic rings. The van der Waals surface area contributed by atoms with E-state index in [2.05, 4.69) is 10.3 Å². The molecule has 124 valence electrons. The van der Waals surface area contributed by atoms with Crippen LogP contribution in [0.2, 0.25) is 5.02 Å². The largest absolute Gasteiger partial charge is 0.381 e. The molecule has 0 spiro atoms. The van der Waals surface area contributed by atoms with Gasteiger partial charge in [0.05, 0.1) is 16.9 Å². The van der Waals surface area contributed by atoms with E-state index in [0.717, 1.165) is 5.71 Å². The quantitative estimate of drug-likeness (QED) is 0.475. The summed E-state index contributed by atoms with van der Waals surface area (Å²) in [6.07, 6.45) is 1.61. The third-order valence-electron chi connectivity index (χ3n) is 3.44. The van der Waals surface area contributed by atoms with Crippen molar-refractivity contribution in [3.63, 3.8) is 0 Å². The number of carbonyl (C=O) groups is 1. The van der Waals surface area contributed by atoms with Crippen molar-refractivity contribution in [2.24, 2.45) is 15.7 Å². The fraction of sp³-hybridized carbons (Fsp3) is 0.438. The average Bonchev–Trinajstić information content (AvgIpc) is 2.87. The van der Waals surface area contributed by atoms with E-state index in [1.54, 1.807) is 6.92 Å². The Morgan fingerprint density at radius 3 is 2.78 bits per heavy atom. The number of rotatable bonds is 3. The van der Waals surface area contributed by atoms with Crippen LogP contribution in [-0.2, 0) is 14.5 Å². The first-order valence-corrected chi connectivity index (χ1v) is 7.45. The molecule has 1 heterocycles. The number of carbonyl (C=O) groups excluding carboxylic acids is 1. The minimum atomic E-state index is -1.19. The molecule has 0 fully saturated rings. The monoisotopic (exact) mass is 340 g/mol. The van der Waals surface area contributed by atoms with Crippen LogP contribution in [0.5, 0.6) is 0 Å². The zero-order valence-electron chi connectivity index (χ0n) is 13.4. The molecule has 0 aliphatic carbocycles. The molecule has 0 radical (unpaired) electrons. The van der Waals surface area contributed by atoms with Crippen LogP contribution in [-0.4, -0.2) is 23.5 Å². The van der Waals surface area contributed by atoms with Gasteiger partial charge in [-0.05, 0) is 24.6 Å². The maximum absolute atomic E-state index is 13.0. The third-order valence-corrected chi connectivity index (χ3v) is 3.73. The number of oxime groups is 2. The van der Waals surface area contributed by atoms with Gasteiger partial charge in [-0.15, -0.1) is 0 Å². The molecule has 5 nitrogen and oxygen atoms in total. The van der Waals surface area contributed by atoms with E-state index in [4.69, 9.17) is 21.3 Å². The van der Waals surface area contributed by atoms with Crippen molar-refractivity contribution < 1.29 is 18.9 Å². The highest BCUT2D eigenvalue weighted by Crippen LogP contribution is 2.32. The first-order valence-electron chi connectivity index (χ1n) is 7.07. The lowest BCUT2D eigenvalue weighted by molar-refractivity contribution is -0.167. The molecule has 0 amide bonds. The van der Waals surface area contributed by atoms with Crippen molar-refractivity contribution in [2.75, 3.05) is 0 Å². The molecule has 1 unspecified atom stereocenters. The van der Waals surface area contributed by atoms with Crippen LogP contribution in [0.4, 0.5) is 4.39 Å². The summed E-state index contributed by atoms with van der Waals surface area (Å²) in [5, 5.41) is 7.54. The summed E-state index contributed by atoms with van der Waals surface area (Å²) in [5.41, 5.74) is -0.0911. The maximum atomic E-state index is 13.0. The van der Waals surface area contributed by atoms with E-state index in [0.29, 0.717) is 12.0 Å². The molecular formula is C16H18ClFN2O3. The number of nitrogens with zero attached hydrogens (tertiary/aromatic N) is 2. The van der Waals surface area contributed by atoms with E-state index in [-0.39, 0.29) is 10.4 Å². The summed E-state index contributed by atoms with van der Waals surface area (Å²) in [7, 11) is 0. The Balaban J connectivity index is 1.97. The maximum Gasteiger partial charge on any atom is 0.381 e. The van der Waals surface area contributed by atoms with Gasteiger partial charge in [0.25, 0.3) is 0 Å². The van der Waals surface area contributed by atoms with Crippen LogP contribution in [0.3, 0.4) is 0 Å². The van der Waals surface area contributed by atoms with Gasteiger partial charge in [-0.3, -0.25) is 0 Å². The summed E-state index contributed by atoms with van der Waals surface area (Å²) in [4.78, 5) is 22.2. The van der Waals surface area contributed by atoms with Gasteiger partial charge >= 0.3 is 5.97 Å². The molecule has 1 aliphatic rings. The molecule has 0 saturated heterocycles. The second-order valence-electron chi connectivity index (χ2n) is 6.57. The van der Waals surface area contributed by atoms with Crippen LogP contribution >= 0.6 is 11.6 Å². The zero-order valence-corrected chi connectivity index (χ0v) is 14.1. The van der Waals surface area contributed by atoms with E-state index in [1.165, 1.54) is 24.4 Å². The van der Waals surface area contributed by atoms with Gasteiger partial charge in [0.2, 0.25) is 5.60 Å². The first kappa shape index (κ1) is 17.4. The highest BCUT2D eigenvalue weighted by atomic mass is 35.5. The van der Waals surface area contributed by atoms with Gasteiger partial charge in [-0.1, -0.05) is 48.7 Å². The fourth-order valence-corrected chi connectivity index (χ4v) is 2.06. The predicted octanol–water partition coefficient (Wildman–Crippen LogP) is 3.94. The molecule has 0 saturated carbocycles. The summed E-state index contributed by atoms with van der Waals surface area (Å²) in [6, 6.07) is 4.05. The van der Waals surface area contributed by atoms with Crippen LogP contribution in [0, 0.1) is 11.2 Å². The number of hydrogen-bond acceptors (Lipinski definition) is 5. The van der Waals surface area contributed by atoms with Gasteiger partial charge in [0, 0.05) is 11.8 Å². The molecular weight excluding hydrogens is 323 g/mol. The molecule has 2 rings (SSSR count). The van der Waals surface area contributed by atoms with E-state index < -0.39 is 17.4 Å². The van der Waals surface area contributed by atoms with Crippen LogP contribution < -0.4 is 0 Å². The van der Waals surface area contributed by atoms with Crippen LogP contribution in [0.15, 0.2) is 28.5 Å². The normalized spacial score (nSPS) is 21.2. The van der Waals surface area contributed by atoms with Gasteiger partial charge < -0.3 is 9.68 Å². The molecule has 0 bridgehead atoms. The molecule has 7 heteroatoms. The summed E-state index contributed by atoms with van der Waals surface area (Å²) in [6.45, 7) is 7.57. The van der Waals surface area contributed by atoms with Crippen molar-refractivity contribution in [1.29, 1.82) is 0 Å².